The van der Waals surface area contributed by atoms with E-state index in [9.17, 15) is 4.79 Å². The van der Waals surface area contributed by atoms with Crippen LogP contribution < -0.4 is 0 Å². The molecule has 1 aliphatic rings. The molecule has 2 aromatic carbocycles. The van der Waals surface area contributed by atoms with Gasteiger partial charge in [-0.25, -0.2) is 0 Å². The van der Waals surface area contributed by atoms with Crippen LogP contribution in [0.15, 0.2) is 54.1 Å². The number of carbonyl (C=O) groups is 1. The Kier molecular flexibility index (Phi) is 5.53. The molecule has 0 atom stereocenters. The van der Waals surface area contributed by atoms with Crippen molar-refractivity contribution >= 4 is 11.4 Å². The SMILES string of the molecule is CCC(=C(c1ccc(C)cc1)c1ccc(C)cc1)C1CCC(=O)CC1. The largest absolute Gasteiger partial charge is 0.300 e. The summed E-state index contributed by atoms with van der Waals surface area (Å²) in [5.41, 5.74) is 8.05. The summed E-state index contributed by atoms with van der Waals surface area (Å²) in [5, 5.41) is 0. The summed E-state index contributed by atoms with van der Waals surface area (Å²) in [6.45, 7) is 6.52. The molecule has 25 heavy (non-hydrogen) atoms. The van der Waals surface area contributed by atoms with Crippen LogP contribution >= 0.6 is 0 Å². The van der Waals surface area contributed by atoms with E-state index < -0.39 is 0 Å². The average Bonchev–Trinajstić information content (AvgIpc) is 2.63. The highest BCUT2D eigenvalue weighted by Gasteiger charge is 2.24. The second kappa shape index (κ2) is 7.82. The highest BCUT2D eigenvalue weighted by atomic mass is 16.1. The van der Waals surface area contributed by atoms with E-state index in [1.165, 1.54) is 33.4 Å². The van der Waals surface area contributed by atoms with E-state index in [2.05, 4.69) is 69.3 Å². The van der Waals surface area contributed by atoms with Gasteiger partial charge in [-0.15, -0.1) is 0 Å². The Labute approximate surface area is 151 Å². The van der Waals surface area contributed by atoms with Gasteiger partial charge in [0, 0.05) is 12.8 Å². The lowest BCUT2D eigenvalue weighted by Crippen LogP contribution is -2.17. The zero-order chi connectivity index (χ0) is 17.8. The van der Waals surface area contributed by atoms with Gasteiger partial charge in [0.15, 0.2) is 0 Å². The number of ketones is 1. The molecule has 0 radical (unpaired) electrons. The minimum absolute atomic E-state index is 0.430. The molecule has 1 heteroatoms. The molecule has 130 valence electrons. The standard InChI is InChI=1S/C24H28O/c1-4-23(19-13-15-22(25)16-14-19)24(20-9-5-17(2)6-10-20)21-11-7-18(3)8-12-21/h5-12,19H,4,13-16H2,1-3H3. The lowest BCUT2D eigenvalue weighted by Gasteiger charge is -2.27. The highest BCUT2D eigenvalue weighted by molar-refractivity contribution is 5.83. The van der Waals surface area contributed by atoms with Gasteiger partial charge in [-0.2, -0.15) is 0 Å². The van der Waals surface area contributed by atoms with Crippen LogP contribution in [-0.4, -0.2) is 5.78 Å². The lowest BCUT2D eigenvalue weighted by molar-refractivity contribution is -0.120. The molecule has 0 bridgehead atoms. The first-order chi connectivity index (χ1) is 12.1. The maximum absolute atomic E-state index is 11.7. The van der Waals surface area contributed by atoms with Crippen molar-refractivity contribution in [3.8, 4) is 0 Å². The first-order valence-corrected chi connectivity index (χ1v) is 9.47. The van der Waals surface area contributed by atoms with Crippen LogP contribution in [0.4, 0.5) is 0 Å². The van der Waals surface area contributed by atoms with Crippen molar-refractivity contribution in [2.45, 2.75) is 52.9 Å². The molecule has 0 saturated heterocycles. The molecule has 1 saturated carbocycles. The fourth-order valence-electron chi connectivity index (χ4n) is 3.94. The monoisotopic (exact) mass is 332 g/mol. The Balaban J connectivity index is 2.11. The van der Waals surface area contributed by atoms with Gasteiger partial charge in [0.1, 0.15) is 5.78 Å². The minimum Gasteiger partial charge on any atom is -0.300 e. The summed E-state index contributed by atoms with van der Waals surface area (Å²) in [6, 6.07) is 17.8. The number of allylic oxidation sites excluding steroid dienone is 1. The number of hydrogen-bond acceptors (Lipinski definition) is 1. The molecule has 3 rings (SSSR count). The summed E-state index contributed by atoms with van der Waals surface area (Å²) in [4.78, 5) is 11.7. The predicted octanol–water partition coefficient (Wildman–Crippen LogP) is 6.27. The van der Waals surface area contributed by atoms with Crippen LogP contribution in [0.2, 0.25) is 0 Å². The quantitative estimate of drug-likeness (QED) is 0.644. The van der Waals surface area contributed by atoms with E-state index in [0.29, 0.717) is 11.7 Å². The van der Waals surface area contributed by atoms with Crippen molar-refractivity contribution in [1.82, 2.24) is 0 Å². The number of Topliss-reactive ketones (excluding diaryl/α,β-unsaturated/α-hetero) is 1. The van der Waals surface area contributed by atoms with E-state index in [-0.39, 0.29) is 0 Å². The van der Waals surface area contributed by atoms with Gasteiger partial charge in [-0.1, -0.05) is 72.2 Å². The van der Waals surface area contributed by atoms with Gasteiger partial charge in [0.25, 0.3) is 0 Å². The molecule has 2 aromatic rings. The summed E-state index contributed by atoms with van der Waals surface area (Å²) < 4.78 is 0. The average molecular weight is 332 g/mol. The third-order valence-electron chi connectivity index (χ3n) is 5.42. The number of benzene rings is 2. The van der Waals surface area contributed by atoms with Crippen molar-refractivity contribution in [3.63, 3.8) is 0 Å². The van der Waals surface area contributed by atoms with Crippen LogP contribution in [0.5, 0.6) is 0 Å². The third kappa shape index (κ3) is 4.10. The molecule has 0 unspecified atom stereocenters. The third-order valence-corrected chi connectivity index (χ3v) is 5.42. The Morgan fingerprint density at radius 3 is 1.68 bits per heavy atom. The molecular formula is C24H28O. The summed E-state index contributed by atoms with van der Waals surface area (Å²) >= 11 is 0. The second-order valence-electron chi connectivity index (χ2n) is 7.30. The first-order valence-electron chi connectivity index (χ1n) is 9.47. The van der Waals surface area contributed by atoms with Gasteiger partial charge in [-0.3, -0.25) is 4.79 Å². The van der Waals surface area contributed by atoms with Crippen LogP contribution in [0.25, 0.3) is 5.57 Å². The molecule has 1 aliphatic carbocycles. The summed E-state index contributed by atoms with van der Waals surface area (Å²) in [5.74, 6) is 0.958. The summed E-state index contributed by atoms with van der Waals surface area (Å²) in [7, 11) is 0. The van der Waals surface area contributed by atoms with Gasteiger partial charge >= 0.3 is 0 Å². The van der Waals surface area contributed by atoms with Crippen LogP contribution in [-0.2, 0) is 4.79 Å². The molecule has 1 nitrogen and oxygen atoms in total. The van der Waals surface area contributed by atoms with Crippen LogP contribution in [0.1, 0.15) is 61.3 Å². The zero-order valence-corrected chi connectivity index (χ0v) is 15.6. The normalized spacial score (nSPS) is 15.2. The molecule has 0 amide bonds. The molecular weight excluding hydrogens is 304 g/mol. The van der Waals surface area contributed by atoms with Crippen molar-refractivity contribution < 1.29 is 4.79 Å². The van der Waals surface area contributed by atoms with Gasteiger partial charge in [0.2, 0.25) is 0 Å². The van der Waals surface area contributed by atoms with Gasteiger partial charge < -0.3 is 0 Å². The van der Waals surface area contributed by atoms with E-state index >= 15 is 0 Å². The molecule has 0 aliphatic heterocycles. The maximum Gasteiger partial charge on any atom is 0.132 e. The van der Waals surface area contributed by atoms with E-state index in [1.807, 2.05) is 0 Å². The zero-order valence-electron chi connectivity index (χ0n) is 15.6. The molecule has 1 fully saturated rings. The van der Waals surface area contributed by atoms with Gasteiger partial charge in [0.05, 0.1) is 0 Å². The summed E-state index contributed by atoms with van der Waals surface area (Å²) in [6.07, 6.45) is 4.52. The van der Waals surface area contributed by atoms with Crippen molar-refractivity contribution in [2.75, 3.05) is 0 Å². The minimum atomic E-state index is 0.430. The first kappa shape index (κ1) is 17.7. The van der Waals surface area contributed by atoms with Crippen molar-refractivity contribution in [2.24, 2.45) is 5.92 Å². The Hall–Kier alpha value is -2.15. The fraction of sp³-hybridized carbons (Fsp3) is 0.375. The number of aryl methyl sites for hydroxylation is 2. The van der Waals surface area contributed by atoms with Crippen LogP contribution in [0, 0.1) is 19.8 Å². The van der Waals surface area contributed by atoms with Crippen molar-refractivity contribution in [3.05, 3.63) is 76.4 Å². The van der Waals surface area contributed by atoms with E-state index in [1.54, 1.807) is 0 Å². The number of carbonyl (C=O) groups excluding carboxylic acids is 1. The Bertz CT molecular complexity index is 705. The predicted molar refractivity (Wildman–Crippen MR) is 106 cm³/mol. The Morgan fingerprint density at radius 2 is 1.28 bits per heavy atom. The molecule has 0 N–H and O–H groups in total. The lowest BCUT2D eigenvalue weighted by atomic mass is 9.77. The molecule has 0 aromatic heterocycles. The number of rotatable bonds is 4. The smallest absolute Gasteiger partial charge is 0.132 e. The molecule has 0 spiro atoms. The second-order valence-corrected chi connectivity index (χ2v) is 7.30. The topological polar surface area (TPSA) is 17.1 Å². The van der Waals surface area contributed by atoms with Crippen LogP contribution in [0.3, 0.4) is 0 Å². The maximum atomic E-state index is 11.7. The van der Waals surface area contributed by atoms with E-state index in [4.69, 9.17) is 0 Å². The molecule has 0 heterocycles. The number of hydrogen-bond donors (Lipinski definition) is 0. The van der Waals surface area contributed by atoms with E-state index in [0.717, 1.165) is 32.1 Å². The van der Waals surface area contributed by atoms with Crippen molar-refractivity contribution in [1.29, 1.82) is 0 Å². The fourth-order valence-corrected chi connectivity index (χ4v) is 3.94. The Morgan fingerprint density at radius 1 is 0.840 bits per heavy atom. The van der Waals surface area contributed by atoms with Gasteiger partial charge in [-0.05, 0) is 55.7 Å². The highest BCUT2D eigenvalue weighted by Crippen LogP contribution is 2.38.